The molecule has 4 nitrogen and oxygen atoms in total. The molecule has 1 aromatic carbocycles. The van der Waals surface area contributed by atoms with Gasteiger partial charge in [-0.15, -0.1) is 36.2 Å². The fourth-order valence-corrected chi connectivity index (χ4v) is 3.01. The normalized spacial score (nSPS) is 9.65. The van der Waals surface area contributed by atoms with Crippen LogP contribution >= 0.6 is 36.2 Å². The minimum atomic E-state index is 0. The van der Waals surface area contributed by atoms with Crippen molar-refractivity contribution in [1.82, 2.24) is 15.6 Å². The van der Waals surface area contributed by atoms with Gasteiger partial charge in [-0.05, 0) is 14.0 Å². The van der Waals surface area contributed by atoms with E-state index in [4.69, 9.17) is 4.98 Å². The molecule has 1 amide bonds. The van der Waals surface area contributed by atoms with Gasteiger partial charge in [0.25, 0.3) is 0 Å². The lowest BCUT2D eigenvalue weighted by Gasteiger charge is -2.03. The number of hydrogen-bond acceptors (Lipinski definition) is 4. The number of aromatic nitrogens is 1. The van der Waals surface area contributed by atoms with Crippen LogP contribution in [-0.2, 0) is 11.2 Å². The molecule has 2 aromatic rings. The zero-order valence-electron chi connectivity index (χ0n) is 13.3. The molecule has 0 aliphatic rings. The highest BCUT2D eigenvalue weighted by Crippen LogP contribution is 2.27. The molecule has 0 unspecified atom stereocenters. The number of halogens is 2. The molecular formula is C16H23Cl2N3OS. The molecule has 0 spiro atoms. The summed E-state index contributed by atoms with van der Waals surface area (Å²) in [5, 5.41) is 6.96. The maximum atomic E-state index is 11.5. The zero-order chi connectivity index (χ0) is 15.1. The molecule has 1 aromatic heterocycles. The first-order chi connectivity index (χ1) is 10.2. The molecule has 0 saturated heterocycles. The first-order valence-corrected chi connectivity index (χ1v) is 7.95. The fourth-order valence-electron chi connectivity index (χ4n) is 2.06. The lowest BCUT2D eigenvalue weighted by atomic mass is 10.1. The Kier molecular flexibility index (Phi) is 10.8. The maximum Gasteiger partial charge on any atom is 0.221 e. The smallest absolute Gasteiger partial charge is 0.221 e. The average Bonchev–Trinajstić information content (AvgIpc) is 2.87. The van der Waals surface area contributed by atoms with Crippen LogP contribution in [0.2, 0.25) is 0 Å². The van der Waals surface area contributed by atoms with Gasteiger partial charge in [0.15, 0.2) is 0 Å². The summed E-state index contributed by atoms with van der Waals surface area (Å²) in [6, 6.07) is 10.2. The van der Waals surface area contributed by atoms with E-state index >= 15 is 0 Å². The van der Waals surface area contributed by atoms with E-state index in [1.165, 1.54) is 4.88 Å². The van der Waals surface area contributed by atoms with Gasteiger partial charge in [0.1, 0.15) is 0 Å². The van der Waals surface area contributed by atoms with E-state index in [1.54, 1.807) is 11.3 Å². The Morgan fingerprint density at radius 1 is 1.17 bits per heavy atom. The number of carbonyl (C=O) groups is 1. The van der Waals surface area contributed by atoms with Gasteiger partial charge in [-0.3, -0.25) is 4.79 Å². The third kappa shape index (κ3) is 6.87. The second-order valence-electron chi connectivity index (χ2n) is 4.83. The van der Waals surface area contributed by atoms with Gasteiger partial charge in [0.2, 0.25) is 5.91 Å². The van der Waals surface area contributed by atoms with E-state index in [0.29, 0.717) is 19.5 Å². The minimum Gasteiger partial charge on any atom is -0.356 e. The van der Waals surface area contributed by atoms with Gasteiger partial charge in [-0.2, -0.15) is 0 Å². The second kappa shape index (κ2) is 11.4. The summed E-state index contributed by atoms with van der Waals surface area (Å²) in [7, 11) is 1.84. The van der Waals surface area contributed by atoms with Crippen LogP contribution in [0.5, 0.6) is 0 Å². The number of aryl methyl sites for hydroxylation is 1. The molecule has 1 heterocycles. The molecule has 7 heteroatoms. The van der Waals surface area contributed by atoms with Crippen LogP contribution in [0.1, 0.15) is 16.3 Å². The van der Waals surface area contributed by atoms with Crippen LogP contribution in [-0.4, -0.2) is 31.0 Å². The van der Waals surface area contributed by atoms with Crippen LogP contribution < -0.4 is 10.6 Å². The van der Waals surface area contributed by atoms with Crippen molar-refractivity contribution >= 4 is 42.1 Å². The highest BCUT2D eigenvalue weighted by molar-refractivity contribution is 7.12. The van der Waals surface area contributed by atoms with Gasteiger partial charge in [0.05, 0.1) is 10.7 Å². The summed E-state index contributed by atoms with van der Waals surface area (Å²) in [5.41, 5.74) is 2.20. The van der Waals surface area contributed by atoms with Crippen LogP contribution in [0.15, 0.2) is 30.3 Å². The van der Waals surface area contributed by atoms with E-state index in [9.17, 15) is 4.79 Å². The van der Waals surface area contributed by atoms with Crippen molar-refractivity contribution in [1.29, 1.82) is 0 Å². The monoisotopic (exact) mass is 375 g/mol. The summed E-state index contributed by atoms with van der Waals surface area (Å²) in [4.78, 5) is 17.4. The number of carbonyl (C=O) groups excluding carboxylic acids is 1. The largest absolute Gasteiger partial charge is 0.356 e. The Morgan fingerprint density at radius 3 is 2.52 bits per heavy atom. The van der Waals surface area contributed by atoms with E-state index in [0.717, 1.165) is 22.7 Å². The molecule has 23 heavy (non-hydrogen) atoms. The van der Waals surface area contributed by atoms with Crippen LogP contribution in [0.25, 0.3) is 11.3 Å². The highest BCUT2D eigenvalue weighted by atomic mass is 35.5. The van der Waals surface area contributed by atoms with E-state index in [2.05, 4.69) is 29.7 Å². The molecule has 0 radical (unpaired) electrons. The van der Waals surface area contributed by atoms with Gasteiger partial charge in [-0.1, -0.05) is 30.3 Å². The molecule has 0 bridgehead atoms. The van der Waals surface area contributed by atoms with Gasteiger partial charge >= 0.3 is 0 Å². The first-order valence-electron chi connectivity index (χ1n) is 7.13. The van der Waals surface area contributed by atoms with E-state index < -0.39 is 0 Å². The number of benzene rings is 1. The Bertz CT molecular complexity index is 590. The van der Waals surface area contributed by atoms with E-state index in [-0.39, 0.29) is 30.7 Å². The summed E-state index contributed by atoms with van der Waals surface area (Å²) in [6.07, 6.45) is 1.30. The standard InChI is InChI=1S/C16H21N3OS.2ClH/c1-12-16(13-6-4-3-5-7-13)19-15(21-12)9-11-18-14(20)8-10-17-2;;/h3-7,17H,8-11H2,1-2H3,(H,18,20);2*1H. The van der Waals surface area contributed by atoms with Gasteiger partial charge < -0.3 is 10.6 Å². The fraction of sp³-hybridized carbons (Fsp3) is 0.375. The molecule has 0 saturated carbocycles. The molecule has 2 N–H and O–H groups in total. The van der Waals surface area contributed by atoms with Crippen LogP contribution in [0.4, 0.5) is 0 Å². The molecule has 0 atom stereocenters. The predicted molar refractivity (Wildman–Crippen MR) is 102 cm³/mol. The zero-order valence-corrected chi connectivity index (χ0v) is 15.7. The van der Waals surface area contributed by atoms with Gasteiger partial charge in [-0.25, -0.2) is 4.98 Å². The summed E-state index contributed by atoms with van der Waals surface area (Å²) in [6.45, 7) is 3.44. The summed E-state index contributed by atoms with van der Waals surface area (Å²) >= 11 is 1.70. The topological polar surface area (TPSA) is 54.0 Å². The lowest BCUT2D eigenvalue weighted by molar-refractivity contribution is -0.120. The van der Waals surface area contributed by atoms with Crippen molar-refractivity contribution in [2.24, 2.45) is 0 Å². The number of thiazole rings is 1. The number of rotatable bonds is 7. The molecular weight excluding hydrogens is 353 g/mol. The van der Waals surface area contributed by atoms with Crippen molar-refractivity contribution in [2.45, 2.75) is 19.8 Å². The summed E-state index contributed by atoms with van der Waals surface area (Å²) in [5.74, 6) is 0.0842. The Hall–Kier alpha value is -1.14. The van der Waals surface area contributed by atoms with Crippen LogP contribution in [0, 0.1) is 6.92 Å². The second-order valence-corrected chi connectivity index (χ2v) is 6.12. The quantitative estimate of drug-likeness (QED) is 0.780. The third-order valence-corrected chi connectivity index (χ3v) is 4.18. The van der Waals surface area contributed by atoms with Crippen LogP contribution in [0.3, 0.4) is 0 Å². The average molecular weight is 376 g/mol. The summed E-state index contributed by atoms with van der Waals surface area (Å²) < 4.78 is 0. The lowest BCUT2D eigenvalue weighted by Crippen LogP contribution is -2.28. The molecule has 0 aliphatic carbocycles. The van der Waals surface area contributed by atoms with E-state index in [1.807, 2.05) is 25.2 Å². The molecule has 0 fully saturated rings. The highest BCUT2D eigenvalue weighted by Gasteiger charge is 2.09. The van der Waals surface area contributed by atoms with Crippen molar-refractivity contribution in [2.75, 3.05) is 20.1 Å². The maximum absolute atomic E-state index is 11.5. The molecule has 2 rings (SSSR count). The third-order valence-electron chi connectivity index (χ3n) is 3.15. The van der Waals surface area contributed by atoms with Crippen molar-refractivity contribution in [3.05, 3.63) is 40.2 Å². The SMILES string of the molecule is CNCCC(=O)NCCc1nc(-c2ccccc2)c(C)s1.Cl.Cl. The molecule has 128 valence electrons. The number of nitrogens with zero attached hydrogens (tertiary/aromatic N) is 1. The first kappa shape index (κ1) is 21.9. The predicted octanol–water partition coefficient (Wildman–Crippen LogP) is 3.23. The van der Waals surface area contributed by atoms with Gasteiger partial charge in [0, 0.05) is 36.4 Å². The Labute approximate surface area is 153 Å². The van der Waals surface area contributed by atoms with Crippen molar-refractivity contribution in [3.8, 4) is 11.3 Å². The minimum absolute atomic E-state index is 0. The Morgan fingerprint density at radius 2 is 1.87 bits per heavy atom. The Balaban J connectivity index is 0.00000242. The number of hydrogen-bond donors (Lipinski definition) is 2. The molecule has 0 aliphatic heterocycles. The number of nitrogens with one attached hydrogen (secondary N) is 2. The van der Waals surface area contributed by atoms with Crippen molar-refractivity contribution in [3.63, 3.8) is 0 Å². The number of amides is 1. The van der Waals surface area contributed by atoms with Crippen molar-refractivity contribution < 1.29 is 4.79 Å².